The summed E-state index contributed by atoms with van der Waals surface area (Å²) in [6, 6.07) is 12.5. The molecule has 0 amide bonds. The van der Waals surface area contributed by atoms with Crippen LogP contribution in [-0.4, -0.2) is 24.5 Å². The predicted molar refractivity (Wildman–Crippen MR) is 115 cm³/mol. The molecule has 1 N–H and O–H groups in total. The first-order chi connectivity index (χ1) is 13.6. The zero-order chi connectivity index (χ0) is 19.7. The second-order valence-electron chi connectivity index (χ2n) is 7.18. The molecule has 5 nitrogen and oxygen atoms in total. The van der Waals surface area contributed by atoms with Crippen molar-refractivity contribution < 1.29 is 0 Å². The van der Waals surface area contributed by atoms with E-state index < -0.39 is 0 Å². The number of hydrogen-bond donors (Lipinski definition) is 1. The maximum absolute atomic E-state index is 5.77. The van der Waals surface area contributed by atoms with Crippen molar-refractivity contribution >= 4 is 17.3 Å². The molecule has 1 aliphatic heterocycles. The Bertz CT molecular complexity index is 967. The minimum Gasteiger partial charge on any atom is -0.352 e. The largest absolute Gasteiger partial charge is 0.352 e. The Morgan fingerprint density at radius 2 is 1.89 bits per heavy atom. The molecule has 0 aromatic carbocycles. The van der Waals surface area contributed by atoms with Gasteiger partial charge in [0.25, 0.3) is 0 Å². The van der Waals surface area contributed by atoms with Crippen LogP contribution in [0.15, 0.2) is 55.0 Å². The molecule has 3 aromatic rings. The summed E-state index contributed by atoms with van der Waals surface area (Å²) in [7, 11) is 0. The molecule has 3 aromatic heterocycles. The first-order valence-electron chi connectivity index (χ1n) is 9.63. The highest BCUT2D eigenvalue weighted by Crippen LogP contribution is 2.41. The summed E-state index contributed by atoms with van der Waals surface area (Å²) in [6.45, 7) is 8.25. The summed E-state index contributed by atoms with van der Waals surface area (Å²) in [4.78, 5) is 11.0. The van der Waals surface area contributed by atoms with E-state index in [4.69, 9.17) is 12.2 Å². The van der Waals surface area contributed by atoms with Crippen LogP contribution in [0.1, 0.15) is 47.2 Å². The van der Waals surface area contributed by atoms with Crippen LogP contribution in [-0.2, 0) is 13.1 Å². The minimum absolute atomic E-state index is 0.0151. The van der Waals surface area contributed by atoms with Crippen molar-refractivity contribution in [2.24, 2.45) is 0 Å². The van der Waals surface area contributed by atoms with Gasteiger partial charge in [-0.15, -0.1) is 0 Å². The molecule has 1 saturated heterocycles. The molecule has 4 heterocycles. The highest BCUT2D eigenvalue weighted by molar-refractivity contribution is 7.80. The summed E-state index contributed by atoms with van der Waals surface area (Å²) in [5.41, 5.74) is 6.06. The molecule has 6 heteroatoms. The maximum atomic E-state index is 5.77. The van der Waals surface area contributed by atoms with Crippen LogP contribution < -0.4 is 5.32 Å². The van der Waals surface area contributed by atoms with Crippen molar-refractivity contribution in [1.29, 1.82) is 0 Å². The van der Waals surface area contributed by atoms with Crippen molar-refractivity contribution in [3.05, 3.63) is 83.2 Å². The van der Waals surface area contributed by atoms with Crippen molar-refractivity contribution in [3.63, 3.8) is 0 Å². The highest BCUT2D eigenvalue weighted by Gasteiger charge is 2.41. The number of thiocarbonyl (C=S) groups is 1. The van der Waals surface area contributed by atoms with Crippen LogP contribution in [0.5, 0.6) is 0 Å². The molecule has 1 fully saturated rings. The summed E-state index contributed by atoms with van der Waals surface area (Å²) >= 11 is 5.77. The summed E-state index contributed by atoms with van der Waals surface area (Å²) in [5.74, 6) is 0. The molecule has 144 valence electrons. The van der Waals surface area contributed by atoms with Gasteiger partial charge < -0.3 is 14.8 Å². The van der Waals surface area contributed by atoms with Crippen molar-refractivity contribution in [3.8, 4) is 0 Å². The molecular weight excluding hydrogens is 366 g/mol. The minimum atomic E-state index is 0.0151. The lowest BCUT2D eigenvalue weighted by atomic mass is 9.96. The fourth-order valence-corrected chi connectivity index (χ4v) is 4.52. The third-order valence-corrected chi connectivity index (χ3v) is 5.90. The SMILES string of the molecule is CCn1c(C)cc([C@H]2[C@H](c3ccccn3)NC(=S)N2Cc2ccncc2)c1C. The van der Waals surface area contributed by atoms with Gasteiger partial charge in [-0.2, -0.15) is 0 Å². The molecule has 28 heavy (non-hydrogen) atoms. The third-order valence-electron chi connectivity index (χ3n) is 5.55. The smallest absolute Gasteiger partial charge is 0.170 e. The van der Waals surface area contributed by atoms with Crippen molar-refractivity contribution in [1.82, 2.24) is 24.8 Å². The molecule has 0 radical (unpaired) electrons. The van der Waals surface area contributed by atoms with Crippen LogP contribution in [0.25, 0.3) is 0 Å². The fourth-order valence-electron chi connectivity index (χ4n) is 4.21. The van der Waals surface area contributed by atoms with Gasteiger partial charge in [-0.3, -0.25) is 9.97 Å². The van der Waals surface area contributed by atoms with E-state index in [9.17, 15) is 0 Å². The van der Waals surface area contributed by atoms with Gasteiger partial charge in [0.2, 0.25) is 0 Å². The van der Waals surface area contributed by atoms with E-state index >= 15 is 0 Å². The Balaban J connectivity index is 1.80. The molecule has 0 aliphatic carbocycles. The molecule has 0 bridgehead atoms. The Kier molecular flexibility index (Phi) is 5.13. The highest BCUT2D eigenvalue weighted by atomic mass is 32.1. The van der Waals surface area contributed by atoms with Crippen LogP contribution in [0, 0.1) is 13.8 Å². The topological polar surface area (TPSA) is 46.0 Å². The van der Waals surface area contributed by atoms with Crippen LogP contribution in [0.4, 0.5) is 0 Å². The molecule has 0 spiro atoms. The molecule has 2 atom stereocenters. The van der Waals surface area contributed by atoms with Crippen LogP contribution in [0.3, 0.4) is 0 Å². The van der Waals surface area contributed by atoms with E-state index in [2.05, 4.69) is 57.7 Å². The lowest BCUT2D eigenvalue weighted by Crippen LogP contribution is -2.29. The number of hydrogen-bond acceptors (Lipinski definition) is 3. The fraction of sp³-hybridized carbons (Fsp3) is 0.318. The Hall–Kier alpha value is -2.73. The van der Waals surface area contributed by atoms with E-state index in [0.29, 0.717) is 0 Å². The van der Waals surface area contributed by atoms with E-state index in [-0.39, 0.29) is 12.1 Å². The standard InChI is InChI=1S/C22H25N5S/c1-4-26-15(2)13-18(16(26)3)21-20(19-7-5-6-10-24-19)25-22(28)27(21)14-17-8-11-23-12-9-17/h5-13,20-21H,4,14H2,1-3H3,(H,25,28)/t20-,21-/m0/s1. The lowest BCUT2D eigenvalue weighted by Gasteiger charge is -2.28. The van der Waals surface area contributed by atoms with Gasteiger partial charge >= 0.3 is 0 Å². The average molecular weight is 392 g/mol. The van der Waals surface area contributed by atoms with Gasteiger partial charge in [-0.25, -0.2) is 0 Å². The second-order valence-corrected chi connectivity index (χ2v) is 7.57. The Labute approximate surface area is 171 Å². The zero-order valence-corrected chi connectivity index (χ0v) is 17.3. The molecule has 4 rings (SSSR count). The molecule has 0 unspecified atom stereocenters. The number of nitrogens with one attached hydrogen (secondary N) is 1. The average Bonchev–Trinajstić information content (AvgIpc) is 3.19. The monoisotopic (exact) mass is 391 g/mol. The summed E-state index contributed by atoms with van der Waals surface area (Å²) < 4.78 is 2.36. The van der Waals surface area contributed by atoms with Crippen LogP contribution >= 0.6 is 12.2 Å². The summed E-state index contributed by atoms with van der Waals surface area (Å²) in [5, 5.41) is 4.30. The van der Waals surface area contributed by atoms with E-state index in [1.54, 1.807) is 0 Å². The lowest BCUT2D eigenvalue weighted by molar-refractivity contribution is 0.309. The normalized spacial score (nSPS) is 19.1. The Morgan fingerprint density at radius 3 is 2.54 bits per heavy atom. The van der Waals surface area contributed by atoms with E-state index in [0.717, 1.165) is 23.9 Å². The second kappa shape index (κ2) is 7.72. The van der Waals surface area contributed by atoms with Gasteiger partial charge in [0.05, 0.1) is 17.8 Å². The zero-order valence-electron chi connectivity index (χ0n) is 16.5. The third kappa shape index (κ3) is 3.29. The first-order valence-corrected chi connectivity index (χ1v) is 10.0. The van der Waals surface area contributed by atoms with Gasteiger partial charge in [0, 0.05) is 43.1 Å². The molecule has 1 aliphatic rings. The first kappa shape index (κ1) is 18.6. The molecular formula is C22H25N5S. The number of rotatable bonds is 5. The predicted octanol–water partition coefficient (Wildman–Crippen LogP) is 4.09. The quantitative estimate of drug-likeness (QED) is 0.664. The summed E-state index contributed by atoms with van der Waals surface area (Å²) in [6.07, 6.45) is 5.50. The van der Waals surface area contributed by atoms with Crippen molar-refractivity contribution in [2.45, 2.75) is 45.9 Å². The van der Waals surface area contributed by atoms with E-state index in [1.165, 1.54) is 22.5 Å². The number of aromatic nitrogens is 3. The van der Waals surface area contributed by atoms with Crippen molar-refractivity contribution in [2.75, 3.05) is 0 Å². The van der Waals surface area contributed by atoms with Gasteiger partial charge in [-0.05, 0) is 74.4 Å². The van der Waals surface area contributed by atoms with Gasteiger partial charge in [-0.1, -0.05) is 6.07 Å². The van der Waals surface area contributed by atoms with Gasteiger partial charge in [0.15, 0.2) is 5.11 Å². The maximum Gasteiger partial charge on any atom is 0.170 e. The van der Waals surface area contributed by atoms with Crippen LogP contribution in [0.2, 0.25) is 0 Å². The van der Waals surface area contributed by atoms with E-state index in [1.807, 2.05) is 42.9 Å². The Morgan fingerprint density at radius 1 is 1.11 bits per heavy atom. The van der Waals surface area contributed by atoms with Gasteiger partial charge in [0.1, 0.15) is 0 Å². The number of pyridine rings is 2. The molecule has 0 saturated carbocycles. The number of aryl methyl sites for hydroxylation is 1. The number of nitrogens with zero attached hydrogens (tertiary/aromatic N) is 4.